The number of halogens is 1. The number of allylic oxidation sites excluding steroid dienone is 1. The van der Waals surface area contributed by atoms with E-state index < -0.39 is 15.6 Å². The first-order valence-corrected chi connectivity index (χ1v) is 11.3. The monoisotopic (exact) mass is 440 g/mol. The number of ketones is 1. The Hall–Kier alpha value is -2.89. The van der Waals surface area contributed by atoms with E-state index in [1.165, 1.54) is 25.3 Å². The lowest BCUT2D eigenvalue weighted by molar-refractivity contribution is 0.104. The van der Waals surface area contributed by atoms with Gasteiger partial charge in [0.1, 0.15) is 10.7 Å². The fraction of sp³-hybridized carbons (Fsp3) is 0.125. The molecule has 3 rings (SSSR count). The zero-order valence-electron chi connectivity index (χ0n) is 16.6. The topological polar surface area (TPSA) is 60.4 Å². The van der Waals surface area contributed by atoms with Crippen LogP contribution in [0.1, 0.15) is 27.0 Å². The average Bonchev–Trinajstić information content (AvgIpc) is 2.73. The van der Waals surface area contributed by atoms with E-state index in [1.54, 1.807) is 48.5 Å². The molecule has 0 atom stereocenters. The fourth-order valence-electron chi connectivity index (χ4n) is 2.95. The molecule has 0 aliphatic heterocycles. The lowest BCUT2D eigenvalue weighted by Gasteiger charge is -2.11. The zero-order valence-corrected chi connectivity index (χ0v) is 18.2. The Morgan fingerprint density at radius 3 is 2.23 bits per heavy atom. The Morgan fingerprint density at radius 2 is 1.60 bits per heavy atom. The molecule has 0 bridgehead atoms. The van der Waals surface area contributed by atoms with Gasteiger partial charge in [0, 0.05) is 16.1 Å². The Morgan fingerprint density at radius 1 is 0.967 bits per heavy atom. The van der Waals surface area contributed by atoms with Crippen LogP contribution >= 0.6 is 11.6 Å². The first-order valence-electron chi connectivity index (χ1n) is 9.23. The molecule has 0 N–H and O–H groups in total. The lowest BCUT2D eigenvalue weighted by atomic mass is 10.1. The average molecular weight is 441 g/mol. The van der Waals surface area contributed by atoms with E-state index >= 15 is 0 Å². The summed E-state index contributed by atoms with van der Waals surface area (Å²) >= 11 is 5.91. The number of para-hydroxylation sites is 1. The molecule has 154 valence electrons. The summed E-state index contributed by atoms with van der Waals surface area (Å²) in [6, 6.07) is 20.3. The highest BCUT2D eigenvalue weighted by atomic mass is 35.5. The smallest absolute Gasteiger partial charge is 0.204 e. The standard InChI is InChI=1S/C24H21ClO4S/c1-17-7-9-18(10-8-17)16-30(27,28)23(15-20-5-3-4-6-22(20)29-2)24(26)19-11-13-21(25)14-12-19/h3-15H,16H2,1-2H3/b23-15+. The van der Waals surface area contributed by atoms with Crippen LogP contribution in [0.2, 0.25) is 5.02 Å². The van der Waals surface area contributed by atoms with Gasteiger partial charge in [-0.05, 0) is 48.9 Å². The van der Waals surface area contributed by atoms with Crippen LogP contribution < -0.4 is 4.74 Å². The first-order chi connectivity index (χ1) is 14.3. The molecule has 0 aliphatic rings. The van der Waals surface area contributed by atoms with Gasteiger partial charge in [-0.1, -0.05) is 59.6 Å². The molecule has 0 radical (unpaired) electrons. The van der Waals surface area contributed by atoms with Crippen molar-refractivity contribution < 1.29 is 17.9 Å². The molecule has 0 saturated carbocycles. The largest absolute Gasteiger partial charge is 0.496 e. The number of hydrogen-bond donors (Lipinski definition) is 0. The fourth-order valence-corrected chi connectivity index (χ4v) is 4.57. The quantitative estimate of drug-likeness (QED) is 0.359. The minimum Gasteiger partial charge on any atom is -0.496 e. The number of ether oxygens (including phenoxy) is 1. The van der Waals surface area contributed by atoms with Crippen molar-refractivity contribution in [2.75, 3.05) is 7.11 Å². The van der Waals surface area contributed by atoms with Crippen LogP contribution in [0.4, 0.5) is 0 Å². The van der Waals surface area contributed by atoms with Crippen molar-refractivity contribution in [1.29, 1.82) is 0 Å². The second-order valence-corrected chi connectivity index (χ2v) is 9.23. The molecule has 0 aliphatic carbocycles. The van der Waals surface area contributed by atoms with E-state index in [2.05, 4.69) is 0 Å². The van der Waals surface area contributed by atoms with Crippen molar-refractivity contribution >= 4 is 33.3 Å². The summed E-state index contributed by atoms with van der Waals surface area (Å²) in [7, 11) is -2.45. The highest BCUT2D eigenvalue weighted by Gasteiger charge is 2.27. The molecular weight excluding hydrogens is 420 g/mol. The predicted octanol–water partition coefficient (Wildman–Crippen LogP) is 5.50. The number of rotatable bonds is 7. The second-order valence-electron chi connectivity index (χ2n) is 6.83. The van der Waals surface area contributed by atoms with Gasteiger partial charge in [0.2, 0.25) is 5.78 Å². The number of carbonyl (C=O) groups is 1. The van der Waals surface area contributed by atoms with Crippen LogP contribution in [0.5, 0.6) is 5.75 Å². The lowest BCUT2D eigenvalue weighted by Crippen LogP contribution is -2.16. The van der Waals surface area contributed by atoms with E-state index in [0.717, 1.165) is 5.56 Å². The summed E-state index contributed by atoms with van der Waals surface area (Å²) in [6.07, 6.45) is 1.37. The first kappa shape index (κ1) is 21.8. The summed E-state index contributed by atoms with van der Waals surface area (Å²) in [5.41, 5.74) is 2.38. The molecule has 3 aromatic carbocycles. The van der Waals surface area contributed by atoms with Crippen molar-refractivity contribution in [2.24, 2.45) is 0 Å². The van der Waals surface area contributed by atoms with Crippen molar-refractivity contribution in [3.05, 3.63) is 105 Å². The van der Waals surface area contributed by atoms with Crippen molar-refractivity contribution in [1.82, 2.24) is 0 Å². The normalized spacial score (nSPS) is 11.9. The van der Waals surface area contributed by atoms with Gasteiger partial charge in [0.25, 0.3) is 0 Å². The summed E-state index contributed by atoms with van der Waals surface area (Å²) in [5, 5.41) is 0.462. The maximum Gasteiger partial charge on any atom is 0.204 e. The second kappa shape index (κ2) is 9.28. The van der Waals surface area contributed by atoms with Gasteiger partial charge in [-0.15, -0.1) is 0 Å². The number of Topliss-reactive ketones (excluding diaryl/α,β-unsaturated/α-hetero) is 1. The van der Waals surface area contributed by atoms with Gasteiger partial charge >= 0.3 is 0 Å². The Kier molecular flexibility index (Phi) is 6.75. The number of sulfone groups is 1. The van der Waals surface area contributed by atoms with Crippen LogP contribution in [0, 0.1) is 6.92 Å². The minimum atomic E-state index is -3.95. The Balaban J connectivity index is 2.10. The number of aryl methyl sites for hydroxylation is 1. The van der Waals surface area contributed by atoms with E-state index in [9.17, 15) is 13.2 Å². The highest BCUT2D eigenvalue weighted by molar-refractivity contribution is 7.95. The highest BCUT2D eigenvalue weighted by Crippen LogP contribution is 2.27. The third-order valence-corrected chi connectivity index (χ3v) is 6.51. The SMILES string of the molecule is COc1ccccc1/C=C(\C(=O)c1ccc(Cl)cc1)S(=O)(=O)Cc1ccc(C)cc1. The molecule has 4 nitrogen and oxygen atoms in total. The van der Waals surface area contributed by atoms with Crippen LogP contribution in [0.15, 0.2) is 77.7 Å². The van der Waals surface area contributed by atoms with Gasteiger partial charge in [-0.3, -0.25) is 4.79 Å². The molecule has 0 saturated heterocycles. The third kappa shape index (κ3) is 5.17. The number of benzene rings is 3. The van der Waals surface area contributed by atoms with Crippen LogP contribution in [0.25, 0.3) is 6.08 Å². The molecule has 3 aromatic rings. The third-order valence-electron chi connectivity index (χ3n) is 4.57. The molecule has 0 amide bonds. The van der Waals surface area contributed by atoms with Crippen LogP contribution in [0.3, 0.4) is 0 Å². The molecule has 0 spiro atoms. The molecule has 0 unspecified atom stereocenters. The summed E-state index contributed by atoms with van der Waals surface area (Å²) in [4.78, 5) is 12.9. The van der Waals surface area contributed by atoms with Gasteiger partial charge in [-0.2, -0.15) is 0 Å². The van der Waals surface area contributed by atoms with Crippen LogP contribution in [-0.4, -0.2) is 21.3 Å². The van der Waals surface area contributed by atoms with E-state index in [4.69, 9.17) is 16.3 Å². The summed E-state index contributed by atoms with van der Waals surface area (Å²) < 4.78 is 32.0. The molecule has 30 heavy (non-hydrogen) atoms. The molecule has 0 aromatic heterocycles. The van der Waals surface area contributed by atoms with Crippen molar-refractivity contribution in [3.8, 4) is 5.75 Å². The van der Waals surface area contributed by atoms with E-state index in [-0.39, 0.29) is 16.2 Å². The van der Waals surface area contributed by atoms with Gasteiger partial charge in [-0.25, -0.2) is 8.42 Å². The minimum absolute atomic E-state index is 0.244. The van der Waals surface area contributed by atoms with Crippen molar-refractivity contribution in [2.45, 2.75) is 12.7 Å². The Labute approximate surface area is 181 Å². The summed E-state index contributed by atoms with van der Waals surface area (Å²) in [6.45, 7) is 1.93. The number of methoxy groups -OCH3 is 1. The maximum atomic E-state index is 13.3. The number of carbonyl (C=O) groups excluding carboxylic acids is 1. The van der Waals surface area contributed by atoms with Gasteiger partial charge in [0.15, 0.2) is 9.84 Å². The van der Waals surface area contributed by atoms with E-state index in [0.29, 0.717) is 21.9 Å². The van der Waals surface area contributed by atoms with Crippen LogP contribution in [-0.2, 0) is 15.6 Å². The van der Waals surface area contributed by atoms with E-state index in [1.807, 2.05) is 19.1 Å². The summed E-state index contributed by atoms with van der Waals surface area (Å²) in [5.74, 6) is -0.401. The Bertz CT molecular complexity index is 1180. The van der Waals surface area contributed by atoms with Gasteiger partial charge in [0.05, 0.1) is 12.9 Å². The molecule has 0 heterocycles. The van der Waals surface area contributed by atoms with Crippen molar-refractivity contribution in [3.63, 3.8) is 0 Å². The predicted molar refractivity (Wildman–Crippen MR) is 121 cm³/mol. The number of hydrogen-bond acceptors (Lipinski definition) is 4. The van der Waals surface area contributed by atoms with Gasteiger partial charge < -0.3 is 4.74 Å². The molecular formula is C24H21ClO4S. The maximum absolute atomic E-state index is 13.3. The molecule has 6 heteroatoms. The molecule has 0 fully saturated rings. The zero-order chi connectivity index (χ0) is 21.7.